The summed E-state index contributed by atoms with van der Waals surface area (Å²) < 4.78 is 0. The van der Waals surface area contributed by atoms with Crippen LogP contribution in [-0.2, 0) is 4.79 Å². The van der Waals surface area contributed by atoms with Gasteiger partial charge >= 0.3 is 5.97 Å². The average Bonchev–Trinajstić information content (AvgIpc) is 2.62. The first-order valence-electron chi connectivity index (χ1n) is 3.98. The van der Waals surface area contributed by atoms with Gasteiger partial charge in [-0.3, -0.25) is 4.79 Å². The van der Waals surface area contributed by atoms with Gasteiger partial charge in [0.25, 0.3) is 0 Å². The molecule has 1 aliphatic carbocycles. The normalized spacial score (nSPS) is 30.1. The van der Waals surface area contributed by atoms with E-state index in [1.54, 1.807) is 0 Å². The van der Waals surface area contributed by atoms with Crippen molar-refractivity contribution in [1.82, 2.24) is 0 Å². The van der Waals surface area contributed by atoms with Crippen molar-refractivity contribution < 1.29 is 9.90 Å². The molecule has 10 heavy (non-hydrogen) atoms. The van der Waals surface area contributed by atoms with Crippen LogP contribution in [0.4, 0.5) is 0 Å². The van der Waals surface area contributed by atoms with Gasteiger partial charge in [0.05, 0.1) is 5.92 Å². The van der Waals surface area contributed by atoms with Crippen molar-refractivity contribution in [2.24, 2.45) is 11.8 Å². The molecule has 2 unspecified atom stereocenters. The van der Waals surface area contributed by atoms with Gasteiger partial charge in [0, 0.05) is 0 Å². The molecule has 0 heterocycles. The minimum Gasteiger partial charge on any atom is -0.481 e. The topological polar surface area (TPSA) is 37.3 Å². The van der Waals surface area contributed by atoms with Crippen molar-refractivity contribution in [1.29, 1.82) is 0 Å². The van der Waals surface area contributed by atoms with E-state index in [9.17, 15) is 4.79 Å². The molecule has 0 aromatic carbocycles. The number of aliphatic carboxylic acids is 1. The third kappa shape index (κ3) is 1.72. The zero-order chi connectivity index (χ0) is 7.56. The van der Waals surface area contributed by atoms with Gasteiger partial charge in [-0.25, -0.2) is 0 Å². The van der Waals surface area contributed by atoms with E-state index in [2.05, 4.69) is 6.92 Å². The molecule has 2 nitrogen and oxygen atoms in total. The summed E-state index contributed by atoms with van der Waals surface area (Å²) in [6.07, 6.45) is 4.42. The third-order valence-corrected chi connectivity index (χ3v) is 2.17. The van der Waals surface area contributed by atoms with Crippen LogP contribution < -0.4 is 0 Å². The van der Waals surface area contributed by atoms with Gasteiger partial charge in [0.2, 0.25) is 0 Å². The number of rotatable bonds is 4. The van der Waals surface area contributed by atoms with Gasteiger partial charge in [-0.05, 0) is 18.8 Å². The molecule has 0 aliphatic heterocycles. The van der Waals surface area contributed by atoms with Crippen molar-refractivity contribution in [2.45, 2.75) is 32.6 Å². The van der Waals surface area contributed by atoms with E-state index in [4.69, 9.17) is 5.11 Å². The molecule has 0 aromatic heterocycles. The Morgan fingerprint density at radius 3 is 2.80 bits per heavy atom. The van der Waals surface area contributed by atoms with Crippen molar-refractivity contribution in [2.75, 3.05) is 0 Å². The maximum Gasteiger partial charge on any atom is 0.306 e. The summed E-state index contributed by atoms with van der Waals surface area (Å²) in [6, 6.07) is 0. The van der Waals surface area contributed by atoms with Crippen LogP contribution in [0.25, 0.3) is 0 Å². The first-order chi connectivity index (χ1) is 4.75. The molecule has 0 amide bonds. The minimum atomic E-state index is -0.596. The molecule has 1 saturated carbocycles. The summed E-state index contributed by atoms with van der Waals surface area (Å²) in [4.78, 5) is 10.3. The van der Waals surface area contributed by atoms with Gasteiger partial charge in [-0.1, -0.05) is 19.8 Å². The molecule has 0 spiro atoms. The second kappa shape index (κ2) is 3.04. The number of carbonyl (C=O) groups is 1. The van der Waals surface area contributed by atoms with Gasteiger partial charge in [0.15, 0.2) is 0 Å². The minimum absolute atomic E-state index is 0.00606. The van der Waals surface area contributed by atoms with Crippen molar-refractivity contribution >= 4 is 5.97 Å². The zero-order valence-electron chi connectivity index (χ0n) is 6.34. The molecular weight excluding hydrogens is 128 g/mol. The Morgan fingerprint density at radius 2 is 2.40 bits per heavy atom. The molecule has 0 bridgehead atoms. The van der Waals surface area contributed by atoms with E-state index in [1.165, 1.54) is 12.8 Å². The standard InChI is InChI=1S/C8H14O2/c1-2-3-4-6-5-7(6)8(9)10/h6-7H,2-5H2,1H3,(H,9,10). The number of hydrogen-bond donors (Lipinski definition) is 1. The first kappa shape index (κ1) is 7.58. The van der Waals surface area contributed by atoms with Gasteiger partial charge in [-0.2, -0.15) is 0 Å². The summed E-state index contributed by atoms with van der Waals surface area (Å²) in [6.45, 7) is 2.14. The highest BCUT2D eigenvalue weighted by atomic mass is 16.4. The van der Waals surface area contributed by atoms with Crippen LogP contribution in [0.5, 0.6) is 0 Å². The van der Waals surface area contributed by atoms with Crippen LogP contribution >= 0.6 is 0 Å². The Balaban J connectivity index is 2.08. The summed E-state index contributed by atoms with van der Waals surface area (Å²) in [5, 5.41) is 8.52. The lowest BCUT2D eigenvalue weighted by molar-refractivity contribution is -0.138. The van der Waals surface area contributed by atoms with Crippen molar-refractivity contribution in [3.05, 3.63) is 0 Å². The van der Waals surface area contributed by atoms with E-state index >= 15 is 0 Å². The number of carboxylic acids is 1. The van der Waals surface area contributed by atoms with Crippen LogP contribution in [0.15, 0.2) is 0 Å². The van der Waals surface area contributed by atoms with Crippen molar-refractivity contribution in [3.8, 4) is 0 Å². The molecule has 1 N–H and O–H groups in total. The molecule has 0 aromatic rings. The molecule has 0 saturated heterocycles. The van der Waals surface area contributed by atoms with Crippen LogP contribution in [0.2, 0.25) is 0 Å². The predicted octanol–water partition coefficient (Wildman–Crippen LogP) is 1.90. The lowest BCUT2D eigenvalue weighted by Gasteiger charge is -1.92. The monoisotopic (exact) mass is 142 g/mol. The van der Waals surface area contributed by atoms with E-state index in [1.807, 2.05) is 0 Å². The summed E-state index contributed by atoms with van der Waals surface area (Å²) in [7, 11) is 0. The SMILES string of the molecule is CCCCC1CC1C(=O)O. The first-order valence-corrected chi connectivity index (χ1v) is 3.98. The lowest BCUT2D eigenvalue weighted by Crippen LogP contribution is -1.99. The van der Waals surface area contributed by atoms with E-state index in [0.29, 0.717) is 5.92 Å². The smallest absolute Gasteiger partial charge is 0.306 e. The number of unbranched alkanes of at least 4 members (excludes halogenated alkanes) is 1. The molecule has 58 valence electrons. The number of carboxylic acid groups (broad SMARTS) is 1. The Hall–Kier alpha value is -0.530. The molecule has 1 aliphatic rings. The molecule has 0 radical (unpaired) electrons. The molecule has 1 rings (SSSR count). The molecule has 2 atom stereocenters. The largest absolute Gasteiger partial charge is 0.481 e. The maximum atomic E-state index is 10.3. The highest BCUT2D eigenvalue weighted by Gasteiger charge is 2.41. The van der Waals surface area contributed by atoms with Gasteiger partial charge < -0.3 is 5.11 Å². The van der Waals surface area contributed by atoms with E-state index in [-0.39, 0.29) is 5.92 Å². The second-order valence-corrected chi connectivity index (χ2v) is 3.08. The average molecular weight is 142 g/mol. The summed E-state index contributed by atoms with van der Waals surface area (Å²) in [5.74, 6) is -0.0786. The Morgan fingerprint density at radius 1 is 1.70 bits per heavy atom. The quantitative estimate of drug-likeness (QED) is 0.650. The molecule has 1 fully saturated rings. The van der Waals surface area contributed by atoms with Gasteiger partial charge in [-0.15, -0.1) is 0 Å². The Kier molecular flexibility index (Phi) is 2.30. The fraction of sp³-hybridized carbons (Fsp3) is 0.875. The fourth-order valence-corrected chi connectivity index (χ4v) is 1.34. The highest BCUT2D eigenvalue weighted by molar-refractivity contribution is 5.73. The molecular formula is C8H14O2. The van der Waals surface area contributed by atoms with Crippen LogP contribution in [0.3, 0.4) is 0 Å². The van der Waals surface area contributed by atoms with Gasteiger partial charge in [0.1, 0.15) is 0 Å². The van der Waals surface area contributed by atoms with E-state index in [0.717, 1.165) is 12.8 Å². The zero-order valence-corrected chi connectivity index (χ0v) is 6.34. The maximum absolute atomic E-state index is 10.3. The Bertz CT molecular complexity index is 131. The Labute approximate surface area is 61.2 Å². The van der Waals surface area contributed by atoms with E-state index < -0.39 is 5.97 Å². The van der Waals surface area contributed by atoms with Crippen LogP contribution in [-0.4, -0.2) is 11.1 Å². The highest BCUT2D eigenvalue weighted by Crippen LogP contribution is 2.42. The van der Waals surface area contributed by atoms with Crippen LogP contribution in [0.1, 0.15) is 32.6 Å². The predicted molar refractivity (Wildman–Crippen MR) is 38.8 cm³/mol. The summed E-state index contributed by atoms with van der Waals surface area (Å²) >= 11 is 0. The summed E-state index contributed by atoms with van der Waals surface area (Å²) in [5.41, 5.74) is 0. The number of hydrogen-bond acceptors (Lipinski definition) is 1. The third-order valence-electron chi connectivity index (χ3n) is 2.17. The second-order valence-electron chi connectivity index (χ2n) is 3.08. The van der Waals surface area contributed by atoms with Crippen molar-refractivity contribution in [3.63, 3.8) is 0 Å². The molecule has 2 heteroatoms. The lowest BCUT2D eigenvalue weighted by atomic mass is 10.1. The van der Waals surface area contributed by atoms with Crippen LogP contribution in [0, 0.1) is 11.8 Å². The fourth-order valence-electron chi connectivity index (χ4n) is 1.34.